The first-order valence-corrected chi connectivity index (χ1v) is 7.17. The minimum atomic E-state index is -0.270. The third-order valence-corrected chi connectivity index (χ3v) is 3.75. The third-order valence-electron chi connectivity index (χ3n) is 2.81. The number of halogens is 1. The van der Waals surface area contributed by atoms with Gasteiger partial charge in [0.1, 0.15) is 5.82 Å². The van der Waals surface area contributed by atoms with Gasteiger partial charge in [-0.1, -0.05) is 25.1 Å². The van der Waals surface area contributed by atoms with Gasteiger partial charge in [-0.3, -0.25) is 4.79 Å². The van der Waals surface area contributed by atoms with Crippen molar-refractivity contribution in [3.63, 3.8) is 0 Å². The predicted octanol–water partition coefficient (Wildman–Crippen LogP) is 3.89. The second kappa shape index (κ2) is 6.48. The van der Waals surface area contributed by atoms with Crippen LogP contribution in [0.1, 0.15) is 36.2 Å². The summed E-state index contributed by atoms with van der Waals surface area (Å²) in [5.41, 5.74) is 0.897. The van der Waals surface area contributed by atoms with Crippen molar-refractivity contribution < 1.29 is 9.18 Å². The molecule has 100 valence electrons. The van der Waals surface area contributed by atoms with Gasteiger partial charge in [0, 0.05) is 11.3 Å². The molecule has 2 nitrogen and oxygen atoms in total. The van der Waals surface area contributed by atoms with Gasteiger partial charge in [0.2, 0.25) is 5.91 Å². The molecule has 4 heteroatoms. The average Bonchev–Trinajstić information content (AvgIpc) is 2.91. The summed E-state index contributed by atoms with van der Waals surface area (Å²) < 4.78 is 13.0. The van der Waals surface area contributed by atoms with Crippen LogP contribution < -0.4 is 5.32 Å². The fourth-order valence-corrected chi connectivity index (χ4v) is 2.69. The van der Waals surface area contributed by atoms with Gasteiger partial charge in [-0.2, -0.15) is 0 Å². The molecule has 1 N–H and O–H groups in total. The normalized spacial score (nSPS) is 12.1. The maximum absolute atomic E-state index is 13.0. The van der Waals surface area contributed by atoms with E-state index in [2.05, 4.69) is 5.32 Å². The summed E-state index contributed by atoms with van der Waals surface area (Å²) in [6.07, 6.45) is 1.31. The molecule has 0 radical (unpaired) electrons. The Morgan fingerprint density at radius 3 is 2.63 bits per heavy atom. The molecule has 2 rings (SSSR count). The smallest absolute Gasteiger partial charge is 0.220 e. The maximum atomic E-state index is 13.0. The molecule has 1 aromatic carbocycles. The summed E-state index contributed by atoms with van der Waals surface area (Å²) in [5.74, 6) is -0.251. The summed E-state index contributed by atoms with van der Waals surface area (Å²) in [6, 6.07) is 9.99. The zero-order valence-electron chi connectivity index (χ0n) is 10.7. The van der Waals surface area contributed by atoms with Gasteiger partial charge in [-0.15, -0.1) is 11.3 Å². The van der Waals surface area contributed by atoms with Crippen LogP contribution in [-0.4, -0.2) is 5.91 Å². The number of nitrogens with one attached hydrogen (secondary N) is 1. The Kier molecular flexibility index (Phi) is 4.68. The summed E-state index contributed by atoms with van der Waals surface area (Å²) in [7, 11) is 0. The van der Waals surface area contributed by atoms with Crippen molar-refractivity contribution in [2.24, 2.45) is 0 Å². The highest BCUT2D eigenvalue weighted by molar-refractivity contribution is 7.10. The quantitative estimate of drug-likeness (QED) is 0.882. The van der Waals surface area contributed by atoms with E-state index in [0.29, 0.717) is 6.42 Å². The van der Waals surface area contributed by atoms with E-state index in [1.807, 2.05) is 24.4 Å². The molecule has 0 aliphatic heterocycles. The Labute approximate surface area is 116 Å². The van der Waals surface area contributed by atoms with Crippen LogP contribution in [0.3, 0.4) is 0 Å². The maximum Gasteiger partial charge on any atom is 0.220 e. The van der Waals surface area contributed by atoms with Crippen molar-refractivity contribution in [3.8, 4) is 0 Å². The Balaban J connectivity index is 2.24. The number of benzene rings is 1. The van der Waals surface area contributed by atoms with Crippen LogP contribution in [0.15, 0.2) is 41.8 Å². The number of thiophene rings is 1. The van der Waals surface area contributed by atoms with Crippen LogP contribution in [0, 0.1) is 5.82 Å². The summed E-state index contributed by atoms with van der Waals surface area (Å²) in [6.45, 7) is 1.97. The predicted molar refractivity (Wildman–Crippen MR) is 75.6 cm³/mol. The van der Waals surface area contributed by atoms with Crippen molar-refractivity contribution in [1.29, 1.82) is 0 Å². The van der Waals surface area contributed by atoms with E-state index in [0.717, 1.165) is 16.9 Å². The first-order valence-electron chi connectivity index (χ1n) is 6.29. The van der Waals surface area contributed by atoms with Crippen LogP contribution in [-0.2, 0) is 4.79 Å². The van der Waals surface area contributed by atoms with Gasteiger partial charge < -0.3 is 5.32 Å². The van der Waals surface area contributed by atoms with E-state index in [-0.39, 0.29) is 17.8 Å². The lowest BCUT2D eigenvalue weighted by molar-refractivity contribution is -0.121. The molecule has 0 saturated carbocycles. The van der Waals surface area contributed by atoms with Crippen molar-refractivity contribution in [2.45, 2.75) is 25.8 Å². The summed E-state index contributed by atoms with van der Waals surface area (Å²) >= 11 is 1.58. The lowest BCUT2D eigenvalue weighted by Crippen LogP contribution is -2.28. The lowest BCUT2D eigenvalue weighted by Gasteiger charge is -2.18. The zero-order chi connectivity index (χ0) is 13.7. The number of carbonyl (C=O) groups is 1. The second-order valence-corrected chi connectivity index (χ2v) is 5.30. The minimum absolute atomic E-state index is 0.0187. The number of carbonyl (C=O) groups excluding carboxylic acids is 1. The second-order valence-electron chi connectivity index (χ2n) is 4.32. The SMILES string of the molecule is CCCC(=O)NC(c1ccc(F)cc1)c1cccs1. The molecule has 0 saturated heterocycles. The molecule has 0 aliphatic rings. The van der Waals surface area contributed by atoms with Gasteiger partial charge >= 0.3 is 0 Å². The van der Waals surface area contributed by atoms with E-state index in [1.165, 1.54) is 12.1 Å². The van der Waals surface area contributed by atoms with Crippen LogP contribution in [0.25, 0.3) is 0 Å². The van der Waals surface area contributed by atoms with Crippen molar-refractivity contribution in [1.82, 2.24) is 5.32 Å². The number of hydrogen-bond acceptors (Lipinski definition) is 2. The van der Waals surface area contributed by atoms with Crippen LogP contribution >= 0.6 is 11.3 Å². The fraction of sp³-hybridized carbons (Fsp3) is 0.267. The van der Waals surface area contributed by atoms with E-state index in [4.69, 9.17) is 0 Å². The monoisotopic (exact) mass is 277 g/mol. The molecule has 0 bridgehead atoms. The Hall–Kier alpha value is -1.68. The molecule has 2 aromatic rings. The number of rotatable bonds is 5. The third kappa shape index (κ3) is 3.64. The Morgan fingerprint density at radius 1 is 1.32 bits per heavy atom. The van der Waals surface area contributed by atoms with Crippen molar-refractivity contribution in [3.05, 3.63) is 58.0 Å². The first-order chi connectivity index (χ1) is 9.20. The van der Waals surface area contributed by atoms with Gasteiger partial charge in [0.15, 0.2) is 0 Å². The van der Waals surface area contributed by atoms with Gasteiger partial charge in [0.25, 0.3) is 0 Å². The van der Waals surface area contributed by atoms with Gasteiger partial charge in [-0.05, 0) is 35.6 Å². The molecule has 0 aliphatic carbocycles. The molecule has 19 heavy (non-hydrogen) atoms. The highest BCUT2D eigenvalue weighted by Crippen LogP contribution is 2.26. The minimum Gasteiger partial charge on any atom is -0.344 e. The molecular weight excluding hydrogens is 261 g/mol. The number of hydrogen-bond donors (Lipinski definition) is 1. The fourth-order valence-electron chi connectivity index (χ4n) is 1.89. The van der Waals surface area contributed by atoms with E-state index in [9.17, 15) is 9.18 Å². The molecule has 1 amide bonds. The van der Waals surface area contributed by atoms with Gasteiger partial charge in [0.05, 0.1) is 6.04 Å². The van der Waals surface area contributed by atoms with E-state index in [1.54, 1.807) is 23.5 Å². The molecule has 0 spiro atoms. The van der Waals surface area contributed by atoms with Gasteiger partial charge in [-0.25, -0.2) is 4.39 Å². The van der Waals surface area contributed by atoms with Crippen LogP contribution in [0.5, 0.6) is 0 Å². The largest absolute Gasteiger partial charge is 0.344 e. The summed E-state index contributed by atoms with van der Waals surface area (Å²) in [5, 5.41) is 4.98. The van der Waals surface area contributed by atoms with E-state index < -0.39 is 0 Å². The number of amides is 1. The molecule has 0 fully saturated rings. The summed E-state index contributed by atoms with van der Waals surface area (Å²) in [4.78, 5) is 12.9. The van der Waals surface area contributed by atoms with Crippen LogP contribution in [0.2, 0.25) is 0 Å². The topological polar surface area (TPSA) is 29.1 Å². The first kappa shape index (κ1) is 13.7. The zero-order valence-corrected chi connectivity index (χ0v) is 11.5. The molecule has 1 heterocycles. The standard InChI is InChI=1S/C15H16FNOS/c1-2-4-14(18)17-15(13-5-3-10-19-13)11-6-8-12(16)9-7-11/h3,5-10,15H,2,4H2,1H3,(H,17,18). The average molecular weight is 277 g/mol. The molecular formula is C15H16FNOS. The molecule has 1 aromatic heterocycles. The molecule has 1 unspecified atom stereocenters. The highest BCUT2D eigenvalue weighted by Gasteiger charge is 2.17. The molecule has 1 atom stereocenters. The van der Waals surface area contributed by atoms with Crippen LogP contribution in [0.4, 0.5) is 4.39 Å². The van der Waals surface area contributed by atoms with Crippen molar-refractivity contribution in [2.75, 3.05) is 0 Å². The van der Waals surface area contributed by atoms with E-state index >= 15 is 0 Å². The Morgan fingerprint density at radius 2 is 2.05 bits per heavy atom. The van der Waals surface area contributed by atoms with Crippen molar-refractivity contribution >= 4 is 17.2 Å². The lowest BCUT2D eigenvalue weighted by atomic mass is 10.0. The Bertz CT molecular complexity index is 522. The highest BCUT2D eigenvalue weighted by atomic mass is 32.1.